The van der Waals surface area contributed by atoms with Gasteiger partial charge in [0.1, 0.15) is 5.82 Å². The van der Waals surface area contributed by atoms with Crippen molar-refractivity contribution in [1.29, 1.82) is 0 Å². The van der Waals surface area contributed by atoms with Crippen LogP contribution in [-0.2, 0) is 13.6 Å². The Bertz CT molecular complexity index is 517. The molecule has 0 saturated heterocycles. The second kappa shape index (κ2) is 5.84. The van der Waals surface area contributed by atoms with E-state index in [2.05, 4.69) is 39.2 Å². The topological polar surface area (TPSA) is 46.0 Å². The van der Waals surface area contributed by atoms with E-state index in [1.807, 2.05) is 44.3 Å². The number of imidazole rings is 1. The highest BCUT2D eigenvalue weighted by atomic mass is 15.2. The van der Waals surface area contributed by atoms with Gasteiger partial charge >= 0.3 is 0 Å². The predicted molar refractivity (Wildman–Crippen MR) is 77.0 cm³/mol. The molecule has 2 rings (SSSR count). The van der Waals surface area contributed by atoms with Gasteiger partial charge in [-0.05, 0) is 26.1 Å². The first kappa shape index (κ1) is 13.5. The van der Waals surface area contributed by atoms with Crippen molar-refractivity contribution in [3.05, 3.63) is 42.2 Å². The average molecular weight is 259 g/mol. The third-order valence-electron chi connectivity index (χ3n) is 3.39. The summed E-state index contributed by atoms with van der Waals surface area (Å²) in [5.41, 5.74) is 2.15. The Balaban J connectivity index is 2.07. The molecule has 2 aromatic rings. The van der Waals surface area contributed by atoms with Gasteiger partial charge in [-0.1, -0.05) is 0 Å². The van der Waals surface area contributed by atoms with Gasteiger partial charge in [0.25, 0.3) is 0 Å². The Hall–Kier alpha value is -1.88. The molecule has 0 radical (unpaired) electrons. The molecule has 0 fully saturated rings. The summed E-state index contributed by atoms with van der Waals surface area (Å²) in [5.74, 6) is 1.04. The highest BCUT2D eigenvalue weighted by Crippen LogP contribution is 2.16. The van der Waals surface area contributed by atoms with Crippen LogP contribution in [0.25, 0.3) is 0 Å². The standard InChI is InChI=1S/C14H21N5/c1-11(15-2)13-6-5-12(9-17-13)19(4)10-14-16-7-8-18(14)3/h5-9,11,15H,10H2,1-4H3. The minimum Gasteiger partial charge on any atom is -0.366 e. The highest BCUT2D eigenvalue weighted by Gasteiger charge is 2.08. The van der Waals surface area contributed by atoms with Crippen molar-refractivity contribution >= 4 is 5.69 Å². The molecule has 0 saturated carbocycles. The van der Waals surface area contributed by atoms with Crippen LogP contribution in [0, 0.1) is 0 Å². The van der Waals surface area contributed by atoms with Crippen LogP contribution in [0.15, 0.2) is 30.7 Å². The molecule has 5 nitrogen and oxygen atoms in total. The van der Waals surface area contributed by atoms with E-state index in [1.54, 1.807) is 0 Å². The summed E-state index contributed by atoms with van der Waals surface area (Å²) in [4.78, 5) is 11.0. The Morgan fingerprint density at radius 3 is 2.68 bits per heavy atom. The number of nitrogens with zero attached hydrogens (tertiary/aromatic N) is 4. The Morgan fingerprint density at radius 2 is 2.16 bits per heavy atom. The normalized spacial score (nSPS) is 12.4. The summed E-state index contributed by atoms with van der Waals surface area (Å²) in [7, 11) is 5.99. The summed E-state index contributed by atoms with van der Waals surface area (Å²) in [5, 5.41) is 3.18. The molecule has 1 atom stereocenters. The van der Waals surface area contributed by atoms with Crippen LogP contribution in [0.1, 0.15) is 24.5 Å². The second-order valence-corrected chi connectivity index (χ2v) is 4.76. The first-order valence-corrected chi connectivity index (χ1v) is 6.42. The zero-order valence-corrected chi connectivity index (χ0v) is 12.0. The van der Waals surface area contributed by atoms with Crippen molar-refractivity contribution < 1.29 is 0 Å². The largest absolute Gasteiger partial charge is 0.366 e. The number of rotatable bonds is 5. The van der Waals surface area contributed by atoms with Crippen LogP contribution in [-0.4, -0.2) is 28.6 Å². The number of hydrogen-bond acceptors (Lipinski definition) is 4. The van der Waals surface area contributed by atoms with Crippen LogP contribution in [0.4, 0.5) is 5.69 Å². The lowest BCUT2D eigenvalue weighted by Gasteiger charge is -2.19. The van der Waals surface area contributed by atoms with E-state index in [-0.39, 0.29) is 6.04 Å². The molecular formula is C14H21N5. The van der Waals surface area contributed by atoms with Gasteiger partial charge in [-0.15, -0.1) is 0 Å². The number of aryl methyl sites for hydroxylation is 1. The van der Waals surface area contributed by atoms with Gasteiger partial charge in [-0.2, -0.15) is 0 Å². The molecule has 2 heterocycles. The number of pyridine rings is 1. The maximum Gasteiger partial charge on any atom is 0.127 e. The third kappa shape index (κ3) is 3.12. The molecule has 1 N–H and O–H groups in total. The number of aromatic nitrogens is 3. The molecule has 0 bridgehead atoms. The molecule has 0 aliphatic carbocycles. The average Bonchev–Trinajstić information content (AvgIpc) is 2.83. The molecule has 0 aliphatic heterocycles. The lowest BCUT2D eigenvalue weighted by atomic mass is 10.2. The molecule has 19 heavy (non-hydrogen) atoms. The minimum absolute atomic E-state index is 0.272. The summed E-state index contributed by atoms with van der Waals surface area (Å²) in [6.07, 6.45) is 5.68. The van der Waals surface area contributed by atoms with Gasteiger partial charge in [0.15, 0.2) is 0 Å². The molecule has 2 aromatic heterocycles. The molecule has 5 heteroatoms. The zero-order valence-electron chi connectivity index (χ0n) is 12.0. The van der Waals surface area contributed by atoms with Crippen LogP contribution in [0.2, 0.25) is 0 Å². The quantitative estimate of drug-likeness (QED) is 0.888. The van der Waals surface area contributed by atoms with Crippen LogP contribution in [0.3, 0.4) is 0 Å². The predicted octanol–water partition coefficient (Wildman–Crippen LogP) is 1.73. The van der Waals surface area contributed by atoms with Gasteiger partial charge in [-0.3, -0.25) is 4.98 Å². The first-order chi connectivity index (χ1) is 9.11. The van der Waals surface area contributed by atoms with Crippen molar-refractivity contribution in [3.8, 4) is 0 Å². The monoisotopic (exact) mass is 259 g/mol. The van der Waals surface area contributed by atoms with Crippen molar-refractivity contribution in [2.75, 3.05) is 19.0 Å². The number of nitrogens with one attached hydrogen (secondary N) is 1. The van der Waals surface area contributed by atoms with E-state index >= 15 is 0 Å². The van der Waals surface area contributed by atoms with Crippen LogP contribution in [0.5, 0.6) is 0 Å². The fraction of sp³-hybridized carbons (Fsp3) is 0.429. The van der Waals surface area contributed by atoms with Gasteiger partial charge in [0.05, 0.1) is 24.1 Å². The zero-order chi connectivity index (χ0) is 13.8. The van der Waals surface area contributed by atoms with E-state index in [9.17, 15) is 0 Å². The lowest BCUT2D eigenvalue weighted by Crippen LogP contribution is -2.20. The van der Waals surface area contributed by atoms with E-state index < -0.39 is 0 Å². The van der Waals surface area contributed by atoms with Gasteiger partial charge in [0.2, 0.25) is 0 Å². The van der Waals surface area contributed by atoms with E-state index in [0.717, 1.165) is 23.8 Å². The van der Waals surface area contributed by atoms with Crippen LogP contribution >= 0.6 is 0 Å². The van der Waals surface area contributed by atoms with Crippen molar-refractivity contribution in [1.82, 2.24) is 19.9 Å². The minimum atomic E-state index is 0.272. The summed E-state index contributed by atoms with van der Waals surface area (Å²) in [6, 6.07) is 4.43. The molecule has 1 unspecified atom stereocenters. The number of hydrogen-bond donors (Lipinski definition) is 1. The first-order valence-electron chi connectivity index (χ1n) is 6.42. The molecule has 0 aliphatic rings. The SMILES string of the molecule is CNC(C)c1ccc(N(C)Cc2nccn2C)cn1. The third-order valence-corrected chi connectivity index (χ3v) is 3.39. The molecule has 0 aromatic carbocycles. The van der Waals surface area contributed by atoms with E-state index in [0.29, 0.717) is 0 Å². The van der Waals surface area contributed by atoms with Gasteiger partial charge in [0, 0.05) is 32.5 Å². The second-order valence-electron chi connectivity index (χ2n) is 4.76. The molecule has 0 amide bonds. The lowest BCUT2D eigenvalue weighted by molar-refractivity contribution is 0.632. The molecule has 102 valence electrons. The molecular weight excluding hydrogens is 238 g/mol. The summed E-state index contributed by atoms with van der Waals surface area (Å²) >= 11 is 0. The maximum atomic E-state index is 4.49. The van der Waals surface area contributed by atoms with Gasteiger partial charge < -0.3 is 14.8 Å². The van der Waals surface area contributed by atoms with Crippen molar-refractivity contribution in [3.63, 3.8) is 0 Å². The van der Waals surface area contributed by atoms with Crippen LogP contribution < -0.4 is 10.2 Å². The van der Waals surface area contributed by atoms with Crippen molar-refractivity contribution in [2.45, 2.75) is 19.5 Å². The highest BCUT2D eigenvalue weighted by molar-refractivity contribution is 5.44. The van der Waals surface area contributed by atoms with Crippen molar-refractivity contribution in [2.24, 2.45) is 7.05 Å². The maximum absolute atomic E-state index is 4.49. The van der Waals surface area contributed by atoms with E-state index in [1.165, 1.54) is 0 Å². The smallest absolute Gasteiger partial charge is 0.127 e. The van der Waals surface area contributed by atoms with Gasteiger partial charge in [-0.25, -0.2) is 4.98 Å². The Labute approximate surface area is 114 Å². The fourth-order valence-electron chi connectivity index (χ4n) is 1.88. The molecule has 0 spiro atoms. The fourth-order valence-corrected chi connectivity index (χ4v) is 1.88. The summed E-state index contributed by atoms with van der Waals surface area (Å²) < 4.78 is 2.03. The Kier molecular flexibility index (Phi) is 4.16. The summed E-state index contributed by atoms with van der Waals surface area (Å²) in [6.45, 7) is 2.87. The number of anilines is 1. The van der Waals surface area contributed by atoms with E-state index in [4.69, 9.17) is 0 Å². The Morgan fingerprint density at radius 1 is 1.37 bits per heavy atom.